The van der Waals surface area contributed by atoms with Crippen molar-refractivity contribution in [3.63, 3.8) is 0 Å². The predicted octanol–water partition coefficient (Wildman–Crippen LogP) is 16.9. The standard InChI is InChI=1S/C59H118N2O5/c1-5-8-11-14-17-20-23-26-29-32-35-38-41-51-63-54-59(57-66-58(62)45-44-46-61-49-47-60(4)48-50-61,55-64-52-42-39-36-33-30-27-24-21-18-15-12-9-6-2)56-65-53-43-40-37-34-31-28-25-22-19-16-13-10-7-3/h5-57H2,1-4H3. The molecule has 0 aromatic carbocycles. The van der Waals surface area contributed by atoms with Gasteiger partial charge in [0.25, 0.3) is 0 Å². The Balaban J connectivity index is 2.62. The third-order valence-corrected chi connectivity index (χ3v) is 14.4. The molecule has 1 heterocycles. The Morgan fingerprint density at radius 1 is 0.364 bits per heavy atom. The van der Waals surface area contributed by atoms with Crippen LogP contribution in [0.4, 0.5) is 0 Å². The quantitative estimate of drug-likeness (QED) is 0.0445. The Bertz CT molecular complexity index is 875. The minimum Gasteiger partial charge on any atom is -0.465 e. The van der Waals surface area contributed by atoms with Crippen LogP contribution < -0.4 is 0 Å². The fourth-order valence-electron chi connectivity index (χ4n) is 9.61. The summed E-state index contributed by atoms with van der Waals surface area (Å²) in [6.45, 7) is 16.3. The molecule has 0 spiro atoms. The summed E-state index contributed by atoms with van der Waals surface area (Å²) < 4.78 is 25.6. The zero-order chi connectivity index (χ0) is 47.5. The van der Waals surface area contributed by atoms with Crippen LogP contribution in [0.25, 0.3) is 0 Å². The van der Waals surface area contributed by atoms with Gasteiger partial charge in [0, 0.05) is 52.4 Å². The molecule has 0 aromatic heterocycles. The molecule has 0 atom stereocenters. The molecule has 0 unspecified atom stereocenters. The molecule has 66 heavy (non-hydrogen) atoms. The summed E-state index contributed by atoms with van der Waals surface area (Å²) in [6.07, 6.45) is 53.8. The summed E-state index contributed by atoms with van der Waals surface area (Å²) in [7, 11) is 2.19. The van der Waals surface area contributed by atoms with Gasteiger partial charge >= 0.3 is 5.97 Å². The monoisotopic (exact) mass is 935 g/mol. The van der Waals surface area contributed by atoms with Gasteiger partial charge < -0.3 is 28.7 Å². The third-order valence-electron chi connectivity index (χ3n) is 14.4. The van der Waals surface area contributed by atoms with Crippen LogP contribution in [0.1, 0.15) is 284 Å². The fraction of sp³-hybridized carbons (Fsp3) is 0.983. The van der Waals surface area contributed by atoms with Gasteiger partial charge in [-0.1, -0.05) is 252 Å². The summed E-state index contributed by atoms with van der Waals surface area (Å²) >= 11 is 0. The van der Waals surface area contributed by atoms with Gasteiger partial charge in [0.2, 0.25) is 0 Å². The molecule has 1 fully saturated rings. The summed E-state index contributed by atoms with van der Waals surface area (Å²) in [5.41, 5.74) is -0.489. The molecule has 0 aromatic rings. The van der Waals surface area contributed by atoms with Crippen molar-refractivity contribution in [3.8, 4) is 0 Å². The molecule has 0 amide bonds. The molecule has 0 radical (unpaired) electrons. The van der Waals surface area contributed by atoms with Crippen molar-refractivity contribution in [3.05, 3.63) is 0 Å². The van der Waals surface area contributed by atoms with E-state index in [1.165, 1.54) is 231 Å². The van der Waals surface area contributed by atoms with E-state index >= 15 is 0 Å². The number of likely N-dealkylation sites (N-methyl/N-ethyl adjacent to an activating group) is 1. The topological polar surface area (TPSA) is 60.5 Å². The van der Waals surface area contributed by atoms with E-state index < -0.39 is 5.41 Å². The van der Waals surface area contributed by atoms with Crippen LogP contribution in [-0.4, -0.2) is 102 Å². The van der Waals surface area contributed by atoms with E-state index in [0.29, 0.717) is 32.8 Å². The Hall–Kier alpha value is -0.730. The van der Waals surface area contributed by atoms with Crippen LogP contribution in [-0.2, 0) is 23.7 Å². The molecule has 1 aliphatic rings. The van der Waals surface area contributed by atoms with Crippen molar-refractivity contribution in [2.75, 3.05) is 86.0 Å². The molecule has 7 heteroatoms. The highest BCUT2D eigenvalue weighted by atomic mass is 16.5. The molecule has 0 aliphatic carbocycles. The lowest BCUT2D eigenvalue weighted by molar-refractivity contribution is -0.156. The maximum atomic E-state index is 13.3. The lowest BCUT2D eigenvalue weighted by atomic mass is 9.92. The van der Waals surface area contributed by atoms with Gasteiger partial charge in [0.15, 0.2) is 0 Å². The first-order valence-corrected chi connectivity index (χ1v) is 29.8. The number of hydrogen-bond acceptors (Lipinski definition) is 7. The summed E-state index contributed by atoms with van der Waals surface area (Å²) in [4.78, 5) is 18.1. The van der Waals surface area contributed by atoms with Gasteiger partial charge in [-0.25, -0.2) is 0 Å². The Labute approximate surface area is 413 Å². The van der Waals surface area contributed by atoms with Crippen LogP contribution in [0.5, 0.6) is 0 Å². The maximum absolute atomic E-state index is 13.3. The number of nitrogens with zero attached hydrogens (tertiary/aromatic N) is 2. The molecular formula is C59H118N2O5. The minimum absolute atomic E-state index is 0.0991. The molecule has 0 N–H and O–H groups in total. The van der Waals surface area contributed by atoms with E-state index in [2.05, 4.69) is 37.6 Å². The Morgan fingerprint density at radius 3 is 0.924 bits per heavy atom. The van der Waals surface area contributed by atoms with E-state index in [9.17, 15) is 4.79 Å². The van der Waals surface area contributed by atoms with Gasteiger partial charge in [-0.3, -0.25) is 4.79 Å². The number of carbonyl (C=O) groups is 1. The summed E-state index contributed by atoms with van der Waals surface area (Å²) in [5, 5.41) is 0. The maximum Gasteiger partial charge on any atom is 0.305 e. The van der Waals surface area contributed by atoms with E-state index in [0.717, 1.165) is 78.2 Å². The van der Waals surface area contributed by atoms with E-state index in [1.807, 2.05) is 0 Å². The highest BCUT2D eigenvalue weighted by Gasteiger charge is 2.34. The van der Waals surface area contributed by atoms with E-state index in [-0.39, 0.29) is 5.97 Å². The van der Waals surface area contributed by atoms with Gasteiger partial charge in [0.1, 0.15) is 6.61 Å². The number of carbonyl (C=O) groups excluding carboxylic acids is 1. The normalized spacial score (nSPS) is 13.9. The number of piperazine rings is 1. The number of unbranched alkanes of at least 4 members (excludes halogenated alkanes) is 36. The first-order valence-electron chi connectivity index (χ1n) is 29.8. The van der Waals surface area contributed by atoms with Crippen molar-refractivity contribution >= 4 is 5.97 Å². The van der Waals surface area contributed by atoms with E-state index in [1.54, 1.807) is 0 Å². The van der Waals surface area contributed by atoms with Gasteiger partial charge in [-0.15, -0.1) is 0 Å². The molecule has 394 valence electrons. The number of ether oxygens (including phenoxy) is 4. The molecule has 0 saturated carbocycles. The average Bonchev–Trinajstić information content (AvgIpc) is 3.32. The second kappa shape index (κ2) is 50.7. The Morgan fingerprint density at radius 2 is 0.636 bits per heavy atom. The lowest BCUT2D eigenvalue weighted by Gasteiger charge is -2.33. The number of esters is 1. The highest BCUT2D eigenvalue weighted by molar-refractivity contribution is 5.69. The Kier molecular flexibility index (Phi) is 48.6. The van der Waals surface area contributed by atoms with Crippen molar-refractivity contribution in [1.82, 2.24) is 9.80 Å². The zero-order valence-corrected chi connectivity index (χ0v) is 45.4. The van der Waals surface area contributed by atoms with Gasteiger partial charge in [-0.2, -0.15) is 0 Å². The van der Waals surface area contributed by atoms with Crippen molar-refractivity contribution in [1.29, 1.82) is 0 Å². The highest BCUT2D eigenvalue weighted by Crippen LogP contribution is 2.23. The first kappa shape index (κ1) is 63.3. The fourth-order valence-corrected chi connectivity index (χ4v) is 9.61. The molecule has 1 rings (SSSR count). The van der Waals surface area contributed by atoms with Crippen LogP contribution in [0.2, 0.25) is 0 Å². The van der Waals surface area contributed by atoms with Crippen molar-refractivity contribution < 1.29 is 23.7 Å². The summed E-state index contributed by atoms with van der Waals surface area (Å²) in [5.74, 6) is -0.0991. The molecule has 1 saturated heterocycles. The molecule has 7 nitrogen and oxygen atoms in total. The molecule has 0 bridgehead atoms. The van der Waals surface area contributed by atoms with Crippen LogP contribution in [0, 0.1) is 5.41 Å². The zero-order valence-electron chi connectivity index (χ0n) is 45.4. The molecule has 1 aliphatic heterocycles. The van der Waals surface area contributed by atoms with Crippen molar-refractivity contribution in [2.45, 2.75) is 284 Å². The number of rotatable bonds is 54. The first-order chi connectivity index (χ1) is 32.5. The van der Waals surface area contributed by atoms with Crippen LogP contribution in [0.15, 0.2) is 0 Å². The molecular weight excluding hydrogens is 817 g/mol. The van der Waals surface area contributed by atoms with E-state index in [4.69, 9.17) is 18.9 Å². The van der Waals surface area contributed by atoms with Gasteiger partial charge in [0.05, 0.1) is 25.2 Å². The second-order valence-corrected chi connectivity index (χ2v) is 21.3. The minimum atomic E-state index is -0.489. The van der Waals surface area contributed by atoms with Crippen LogP contribution >= 0.6 is 0 Å². The van der Waals surface area contributed by atoms with Crippen molar-refractivity contribution in [2.24, 2.45) is 5.41 Å². The average molecular weight is 936 g/mol. The lowest BCUT2D eigenvalue weighted by Crippen LogP contribution is -2.44. The van der Waals surface area contributed by atoms with Crippen LogP contribution in [0.3, 0.4) is 0 Å². The largest absolute Gasteiger partial charge is 0.465 e. The second-order valence-electron chi connectivity index (χ2n) is 21.3. The predicted molar refractivity (Wildman–Crippen MR) is 286 cm³/mol. The summed E-state index contributed by atoms with van der Waals surface area (Å²) in [6, 6.07) is 0. The SMILES string of the molecule is CCCCCCCCCCCCCCCOCC(COCCCCCCCCCCCCCCC)(COCCCCCCCCCCCCCCC)COC(=O)CCCN1CCN(C)CC1. The number of hydrogen-bond donors (Lipinski definition) is 0. The van der Waals surface area contributed by atoms with Gasteiger partial charge in [-0.05, 0) is 39.3 Å². The third kappa shape index (κ3) is 43.3. The smallest absolute Gasteiger partial charge is 0.305 e.